The van der Waals surface area contributed by atoms with Gasteiger partial charge in [0.15, 0.2) is 0 Å². The van der Waals surface area contributed by atoms with Crippen molar-refractivity contribution in [3.63, 3.8) is 0 Å². The molecule has 1 unspecified atom stereocenters. The van der Waals surface area contributed by atoms with Gasteiger partial charge in [-0.3, -0.25) is 9.59 Å². The quantitative estimate of drug-likeness (QED) is 0.795. The molecule has 0 aromatic rings. The predicted octanol–water partition coefficient (Wildman–Crippen LogP) is 0.603. The lowest BCUT2D eigenvalue weighted by molar-refractivity contribution is -0.137. The summed E-state index contributed by atoms with van der Waals surface area (Å²) in [6.07, 6.45) is 0. The van der Waals surface area contributed by atoms with Crippen LogP contribution in [0.4, 0.5) is 0 Å². The number of carbonyl (C=O) groups is 2. The Morgan fingerprint density at radius 2 is 1.78 bits per heavy atom. The Morgan fingerprint density at radius 3 is 2.22 bits per heavy atom. The van der Waals surface area contributed by atoms with Crippen molar-refractivity contribution in [3.05, 3.63) is 0 Å². The van der Waals surface area contributed by atoms with E-state index in [-0.39, 0.29) is 17.6 Å². The molecule has 1 heterocycles. The van der Waals surface area contributed by atoms with E-state index in [9.17, 15) is 9.59 Å². The van der Waals surface area contributed by atoms with Gasteiger partial charge in [0.2, 0.25) is 5.91 Å². The molecule has 1 N–H and O–H groups in total. The molecule has 1 fully saturated rings. The van der Waals surface area contributed by atoms with E-state index in [1.54, 1.807) is 0 Å². The van der Waals surface area contributed by atoms with E-state index >= 15 is 0 Å². The predicted molar refractivity (Wildman–Crippen MR) is 72.8 cm³/mol. The van der Waals surface area contributed by atoms with Gasteiger partial charge in [-0.1, -0.05) is 13.8 Å². The van der Waals surface area contributed by atoms with E-state index in [0.29, 0.717) is 0 Å². The minimum absolute atomic E-state index is 0.0350. The average molecular weight is 274 g/mol. The van der Waals surface area contributed by atoms with Crippen molar-refractivity contribution in [1.29, 1.82) is 0 Å². The molecule has 1 amide bonds. The van der Waals surface area contributed by atoms with Crippen LogP contribution in [0.15, 0.2) is 0 Å². The van der Waals surface area contributed by atoms with Crippen LogP contribution in [0.1, 0.15) is 13.8 Å². The second-order valence-electron chi connectivity index (χ2n) is 5.00. The molecule has 0 aromatic heterocycles. The van der Waals surface area contributed by atoms with E-state index < -0.39 is 11.2 Å². The number of piperazine rings is 1. The summed E-state index contributed by atoms with van der Waals surface area (Å²) in [5, 5.41) is 8.55. The minimum atomic E-state index is -0.832. The third kappa shape index (κ3) is 4.49. The molecule has 1 aliphatic rings. The van der Waals surface area contributed by atoms with Crippen molar-refractivity contribution in [2.75, 3.05) is 39.0 Å². The summed E-state index contributed by atoms with van der Waals surface area (Å²) >= 11 is 1.24. The van der Waals surface area contributed by atoms with Crippen LogP contribution in [0, 0.1) is 5.92 Å². The van der Waals surface area contributed by atoms with Gasteiger partial charge in [0.25, 0.3) is 0 Å². The average Bonchev–Trinajstić information content (AvgIpc) is 2.28. The molecule has 0 bridgehead atoms. The van der Waals surface area contributed by atoms with Gasteiger partial charge in [0, 0.05) is 26.2 Å². The number of amides is 1. The number of likely N-dealkylation sites (N-methyl/N-ethyl adjacent to an activating group) is 1. The largest absolute Gasteiger partial charge is 0.480 e. The molecule has 1 saturated heterocycles. The van der Waals surface area contributed by atoms with Gasteiger partial charge >= 0.3 is 5.97 Å². The van der Waals surface area contributed by atoms with Crippen LogP contribution in [0.5, 0.6) is 0 Å². The number of carboxylic acids is 1. The van der Waals surface area contributed by atoms with Gasteiger partial charge in [-0.05, 0) is 13.0 Å². The first-order chi connectivity index (χ1) is 8.41. The van der Waals surface area contributed by atoms with Gasteiger partial charge in [-0.15, -0.1) is 11.8 Å². The van der Waals surface area contributed by atoms with E-state index in [4.69, 9.17) is 5.11 Å². The Hall–Kier alpha value is -0.750. The molecule has 0 radical (unpaired) electrons. The summed E-state index contributed by atoms with van der Waals surface area (Å²) in [6.45, 7) is 7.01. The molecule has 18 heavy (non-hydrogen) atoms. The van der Waals surface area contributed by atoms with Crippen LogP contribution in [0.25, 0.3) is 0 Å². The Balaban J connectivity index is 2.38. The fourth-order valence-corrected chi connectivity index (χ4v) is 2.89. The van der Waals surface area contributed by atoms with Gasteiger partial charge < -0.3 is 14.9 Å². The summed E-state index contributed by atoms with van der Waals surface area (Å²) < 4.78 is 0. The number of aliphatic carboxylic acids is 1. The van der Waals surface area contributed by atoms with E-state index in [1.807, 2.05) is 25.8 Å². The molecular formula is C12H22N2O3S. The highest BCUT2D eigenvalue weighted by Crippen LogP contribution is 2.20. The molecule has 5 nitrogen and oxygen atoms in total. The normalized spacial score (nSPS) is 19.0. The molecule has 0 spiro atoms. The second kappa shape index (κ2) is 6.99. The molecule has 0 saturated carbocycles. The molecule has 1 rings (SSSR count). The SMILES string of the molecule is CC(C)C(SCC(=O)N1CCN(C)CC1)C(=O)O. The summed E-state index contributed by atoms with van der Waals surface area (Å²) in [4.78, 5) is 27.0. The van der Waals surface area contributed by atoms with Crippen LogP contribution in [-0.2, 0) is 9.59 Å². The molecule has 1 atom stereocenters. The lowest BCUT2D eigenvalue weighted by Gasteiger charge is -2.32. The highest BCUT2D eigenvalue weighted by atomic mass is 32.2. The molecule has 1 aliphatic heterocycles. The summed E-state index contributed by atoms with van der Waals surface area (Å²) in [5.41, 5.74) is 0. The maximum atomic E-state index is 11.9. The van der Waals surface area contributed by atoms with E-state index in [0.717, 1.165) is 26.2 Å². The van der Waals surface area contributed by atoms with Crippen molar-refractivity contribution >= 4 is 23.6 Å². The van der Waals surface area contributed by atoms with Crippen molar-refractivity contribution in [2.45, 2.75) is 19.1 Å². The Morgan fingerprint density at radius 1 is 1.22 bits per heavy atom. The molecule has 0 aromatic carbocycles. The Kier molecular flexibility index (Phi) is 5.95. The maximum Gasteiger partial charge on any atom is 0.316 e. The maximum absolute atomic E-state index is 11.9. The number of rotatable bonds is 5. The first-order valence-electron chi connectivity index (χ1n) is 6.22. The summed E-state index contributed by atoms with van der Waals surface area (Å²) in [5.74, 6) is -0.479. The van der Waals surface area contributed by atoms with Crippen molar-refractivity contribution < 1.29 is 14.7 Å². The summed E-state index contributed by atoms with van der Waals surface area (Å²) in [7, 11) is 2.04. The second-order valence-corrected chi connectivity index (χ2v) is 6.13. The van der Waals surface area contributed by atoms with Crippen LogP contribution in [-0.4, -0.2) is 71.0 Å². The van der Waals surface area contributed by atoms with Crippen molar-refractivity contribution in [3.8, 4) is 0 Å². The number of thioether (sulfide) groups is 1. The molecule has 6 heteroatoms. The highest BCUT2D eigenvalue weighted by molar-refractivity contribution is 8.01. The third-order valence-corrected chi connectivity index (χ3v) is 4.61. The van der Waals surface area contributed by atoms with Gasteiger partial charge in [-0.25, -0.2) is 0 Å². The minimum Gasteiger partial charge on any atom is -0.480 e. The Bertz CT molecular complexity index is 302. The lowest BCUT2D eigenvalue weighted by Crippen LogP contribution is -2.48. The third-order valence-electron chi connectivity index (χ3n) is 3.09. The van der Waals surface area contributed by atoms with Gasteiger partial charge in [0.05, 0.1) is 5.75 Å². The lowest BCUT2D eigenvalue weighted by atomic mass is 10.1. The number of hydrogen-bond donors (Lipinski definition) is 1. The monoisotopic (exact) mass is 274 g/mol. The van der Waals surface area contributed by atoms with Gasteiger partial charge in [0.1, 0.15) is 5.25 Å². The zero-order valence-corrected chi connectivity index (χ0v) is 12.1. The van der Waals surface area contributed by atoms with Crippen molar-refractivity contribution in [1.82, 2.24) is 9.80 Å². The van der Waals surface area contributed by atoms with Crippen LogP contribution < -0.4 is 0 Å². The first-order valence-corrected chi connectivity index (χ1v) is 7.27. The number of carbonyl (C=O) groups excluding carboxylic acids is 1. The van der Waals surface area contributed by atoms with Gasteiger partial charge in [-0.2, -0.15) is 0 Å². The zero-order chi connectivity index (χ0) is 13.7. The number of nitrogens with zero attached hydrogens (tertiary/aromatic N) is 2. The van der Waals surface area contributed by atoms with Crippen LogP contribution in [0.3, 0.4) is 0 Å². The molecular weight excluding hydrogens is 252 g/mol. The highest BCUT2D eigenvalue weighted by Gasteiger charge is 2.25. The summed E-state index contributed by atoms with van der Waals surface area (Å²) in [6, 6.07) is 0. The first kappa shape index (κ1) is 15.3. The standard InChI is InChI=1S/C12H22N2O3S/c1-9(2)11(12(16)17)18-8-10(15)14-6-4-13(3)5-7-14/h9,11H,4-8H2,1-3H3,(H,16,17). The van der Waals surface area contributed by atoms with Crippen LogP contribution >= 0.6 is 11.8 Å². The number of carboxylic acid groups (broad SMARTS) is 1. The zero-order valence-electron chi connectivity index (χ0n) is 11.3. The fourth-order valence-electron chi connectivity index (χ4n) is 1.86. The molecule has 0 aliphatic carbocycles. The van der Waals surface area contributed by atoms with Crippen LogP contribution in [0.2, 0.25) is 0 Å². The topological polar surface area (TPSA) is 60.9 Å². The van der Waals surface area contributed by atoms with Crippen molar-refractivity contribution in [2.24, 2.45) is 5.92 Å². The fraction of sp³-hybridized carbons (Fsp3) is 0.833. The molecule has 104 valence electrons. The van der Waals surface area contributed by atoms with E-state index in [2.05, 4.69) is 4.90 Å². The number of hydrogen-bond acceptors (Lipinski definition) is 4. The Labute approximate surface area is 113 Å². The smallest absolute Gasteiger partial charge is 0.316 e. The van der Waals surface area contributed by atoms with E-state index in [1.165, 1.54) is 11.8 Å².